The molecule has 2 aromatic carbocycles. The summed E-state index contributed by atoms with van der Waals surface area (Å²) in [6, 6.07) is 5.92. The minimum atomic E-state index is -1.59. The van der Waals surface area contributed by atoms with Crippen molar-refractivity contribution < 1.29 is 27.5 Å². The molecule has 174 valence electrons. The number of rotatable bonds is 9. The number of hydrogen-bond donors (Lipinski definition) is 1. The van der Waals surface area contributed by atoms with Gasteiger partial charge in [-0.25, -0.2) is 22.4 Å². The highest BCUT2D eigenvalue weighted by molar-refractivity contribution is 5.92. The zero-order valence-corrected chi connectivity index (χ0v) is 18.4. The predicted octanol–water partition coefficient (Wildman–Crippen LogP) is 7.74. The van der Waals surface area contributed by atoms with Crippen molar-refractivity contribution in [2.24, 2.45) is 11.8 Å². The second-order valence-electron chi connectivity index (χ2n) is 8.89. The summed E-state index contributed by atoms with van der Waals surface area (Å²) in [6.07, 6.45) is 6.78. The van der Waals surface area contributed by atoms with E-state index in [0.29, 0.717) is 5.92 Å². The van der Waals surface area contributed by atoms with Gasteiger partial charge in [-0.2, -0.15) is 0 Å². The summed E-state index contributed by atoms with van der Waals surface area (Å²) in [4.78, 5) is 11.8. The zero-order valence-electron chi connectivity index (χ0n) is 18.4. The van der Waals surface area contributed by atoms with Crippen LogP contribution < -0.4 is 0 Å². The number of carboxylic acids is 1. The maximum atomic E-state index is 15.4. The molecule has 0 spiro atoms. The molecule has 1 unspecified atom stereocenters. The summed E-state index contributed by atoms with van der Waals surface area (Å²) < 4.78 is 56.4. The lowest BCUT2D eigenvalue weighted by atomic mass is 9.76. The van der Waals surface area contributed by atoms with Crippen LogP contribution in [-0.4, -0.2) is 17.2 Å². The molecule has 1 aliphatic rings. The molecule has 2 nitrogen and oxygen atoms in total. The molecule has 0 aromatic heterocycles. The van der Waals surface area contributed by atoms with Crippen LogP contribution in [0.15, 0.2) is 30.3 Å². The predicted molar refractivity (Wildman–Crippen MR) is 117 cm³/mol. The standard InChI is InChI=1S/C26H30F4O2/c1-2-3-4-6-16-9-11-17(12-10-16)22(27)15-21-19(7-5-8-20(21)26(31)32)18-13-23(28)25(30)24(29)14-18/h5,7-8,13-14,16-17,22H,2-4,6,9-12,15H2,1H3,(H,31,32). The second-order valence-corrected chi connectivity index (χ2v) is 8.89. The van der Waals surface area contributed by atoms with E-state index >= 15 is 4.39 Å². The van der Waals surface area contributed by atoms with Crippen LogP contribution in [0.25, 0.3) is 11.1 Å². The van der Waals surface area contributed by atoms with Crippen LogP contribution in [0.2, 0.25) is 0 Å². The van der Waals surface area contributed by atoms with E-state index in [2.05, 4.69) is 6.92 Å². The fourth-order valence-corrected chi connectivity index (χ4v) is 4.87. The van der Waals surface area contributed by atoms with Crippen LogP contribution >= 0.6 is 0 Å². The van der Waals surface area contributed by atoms with Crippen molar-refractivity contribution in [2.75, 3.05) is 0 Å². The first-order valence-corrected chi connectivity index (χ1v) is 11.5. The Morgan fingerprint density at radius 2 is 1.72 bits per heavy atom. The summed E-state index contributed by atoms with van der Waals surface area (Å²) in [7, 11) is 0. The third kappa shape index (κ3) is 5.70. The van der Waals surface area contributed by atoms with E-state index in [0.717, 1.165) is 37.8 Å². The minimum Gasteiger partial charge on any atom is -0.478 e. The van der Waals surface area contributed by atoms with Crippen LogP contribution in [0.3, 0.4) is 0 Å². The van der Waals surface area contributed by atoms with Crippen LogP contribution in [0, 0.1) is 29.3 Å². The van der Waals surface area contributed by atoms with Crippen LogP contribution in [0.4, 0.5) is 17.6 Å². The van der Waals surface area contributed by atoms with Crippen LogP contribution in [0.5, 0.6) is 0 Å². The molecule has 0 radical (unpaired) electrons. The Hall–Kier alpha value is -2.37. The summed E-state index contributed by atoms with van der Waals surface area (Å²) in [5, 5.41) is 9.62. The number of halogens is 4. The monoisotopic (exact) mass is 450 g/mol. The summed E-state index contributed by atoms with van der Waals surface area (Å²) >= 11 is 0. The third-order valence-electron chi connectivity index (χ3n) is 6.72. The lowest BCUT2D eigenvalue weighted by Crippen LogP contribution is -2.25. The molecular weight excluding hydrogens is 420 g/mol. The largest absolute Gasteiger partial charge is 0.478 e. The number of aromatic carboxylic acids is 1. The third-order valence-corrected chi connectivity index (χ3v) is 6.72. The number of benzene rings is 2. The van der Waals surface area contributed by atoms with Gasteiger partial charge in [0.2, 0.25) is 0 Å². The minimum absolute atomic E-state index is 0.00803. The van der Waals surface area contributed by atoms with Crippen molar-refractivity contribution in [2.45, 2.75) is 70.9 Å². The van der Waals surface area contributed by atoms with E-state index in [9.17, 15) is 23.1 Å². The van der Waals surface area contributed by atoms with E-state index in [-0.39, 0.29) is 34.6 Å². The molecule has 1 N–H and O–H groups in total. The first kappa shape index (κ1) is 24.3. The molecule has 1 atom stereocenters. The molecule has 2 aromatic rings. The summed E-state index contributed by atoms with van der Waals surface area (Å²) in [5.41, 5.74) is 0.274. The van der Waals surface area contributed by atoms with Crippen molar-refractivity contribution >= 4 is 5.97 Å². The molecular formula is C26H30F4O2. The van der Waals surface area contributed by atoms with Crippen molar-refractivity contribution in [3.63, 3.8) is 0 Å². The molecule has 0 bridgehead atoms. The Morgan fingerprint density at radius 3 is 2.31 bits per heavy atom. The lowest BCUT2D eigenvalue weighted by molar-refractivity contribution is 0.0694. The molecule has 0 amide bonds. The first-order chi connectivity index (χ1) is 15.3. The second kappa shape index (κ2) is 11.0. The highest BCUT2D eigenvalue weighted by Gasteiger charge is 2.29. The molecule has 0 heterocycles. The molecule has 6 heteroatoms. The van der Waals surface area contributed by atoms with Crippen LogP contribution in [-0.2, 0) is 6.42 Å². The van der Waals surface area contributed by atoms with E-state index in [1.54, 1.807) is 0 Å². The number of unbranched alkanes of at least 4 members (excludes halogenated alkanes) is 2. The number of hydrogen-bond acceptors (Lipinski definition) is 1. The average molecular weight is 451 g/mol. The smallest absolute Gasteiger partial charge is 0.335 e. The molecule has 1 saturated carbocycles. The van der Waals surface area contributed by atoms with Crippen molar-refractivity contribution in [1.82, 2.24) is 0 Å². The lowest BCUT2D eigenvalue weighted by Gasteiger charge is -2.31. The van der Waals surface area contributed by atoms with Gasteiger partial charge in [0, 0.05) is 6.42 Å². The number of carboxylic acid groups (broad SMARTS) is 1. The number of alkyl halides is 1. The van der Waals surface area contributed by atoms with E-state index in [1.165, 1.54) is 43.9 Å². The molecule has 1 fully saturated rings. The quantitative estimate of drug-likeness (QED) is 0.241. The van der Waals surface area contributed by atoms with Crippen LogP contribution in [0.1, 0.15) is 74.2 Å². The van der Waals surface area contributed by atoms with Gasteiger partial charge in [-0.05, 0) is 59.6 Å². The Labute approximate surface area is 186 Å². The normalized spacial score (nSPS) is 19.7. The van der Waals surface area contributed by atoms with Gasteiger partial charge in [0.15, 0.2) is 17.5 Å². The maximum Gasteiger partial charge on any atom is 0.335 e. The Bertz CT molecular complexity index is 912. The molecule has 0 saturated heterocycles. The van der Waals surface area contributed by atoms with Crippen molar-refractivity contribution in [3.8, 4) is 11.1 Å². The summed E-state index contributed by atoms with van der Waals surface area (Å²) in [5.74, 6) is -5.12. The van der Waals surface area contributed by atoms with E-state index in [4.69, 9.17) is 0 Å². The van der Waals surface area contributed by atoms with E-state index in [1.807, 2.05) is 0 Å². The highest BCUT2D eigenvalue weighted by Crippen LogP contribution is 2.37. The van der Waals surface area contributed by atoms with Gasteiger partial charge >= 0.3 is 5.97 Å². The van der Waals surface area contributed by atoms with Gasteiger partial charge in [-0.3, -0.25) is 0 Å². The fourth-order valence-electron chi connectivity index (χ4n) is 4.87. The topological polar surface area (TPSA) is 37.3 Å². The molecule has 0 aliphatic heterocycles. The van der Waals surface area contributed by atoms with Gasteiger partial charge in [-0.15, -0.1) is 0 Å². The fraction of sp³-hybridized carbons (Fsp3) is 0.500. The Morgan fingerprint density at radius 1 is 1.06 bits per heavy atom. The summed E-state index contributed by atoms with van der Waals surface area (Å²) in [6.45, 7) is 2.17. The van der Waals surface area contributed by atoms with Gasteiger partial charge in [0.05, 0.1) is 5.56 Å². The van der Waals surface area contributed by atoms with Gasteiger partial charge in [0.25, 0.3) is 0 Å². The Kier molecular flexibility index (Phi) is 8.32. The van der Waals surface area contributed by atoms with Gasteiger partial charge in [0.1, 0.15) is 6.17 Å². The van der Waals surface area contributed by atoms with Crippen molar-refractivity contribution in [1.29, 1.82) is 0 Å². The highest BCUT2D eigenvalue weighted by atomic mass is 19.2. The average Bonchev–Trinajstić information content (AvgIpc) is 2.77. The molecule has 3 rings (SSSR count). The molecule has 32 heavy (non-hydrogen) atoms. The van der Waals surface area contributed by atoms with Gasteiger partial charge in [-0.1, -0.05) is 57.6 Å². The maximum absolute atomic E-state index is 15.4. The first-order valence-electron chi connectivity index (χ1n) is 11.5. The number of carbonyl (C=O) groups is 1. The van der Waals surface area contributed by atoms with Crippen molar-refractivity contribution in [3.05, 3.63) is 58.9 Å². The van der Waals surface area contributed by atoms with Gasteiger partial charge < -0.3 is 5.11 Å². The van der Waals surface area contributed by atoms with E-state index < -0.39 is 29.6 Å². The zero-order chi connectivity index (χ0) is 23.3. The molecule has 1 aliphatic carbocycles. The SMILES string of the molecule is CCCCCC1CCC(C(F)Cc2c(C(=O)O)cccc2-c2cc(F)c(F)c(F)c2)CC1. The Balaban J connectivity index is 1.81.